The zero-order valence-electron chi connectivity index (χ0n) is 18.8. The van der Waals surface area contributed by atoms with Gasteiger partial charge in [0.15, 0.2) is 23.1 Å². The maximum Gasteiger partial charge on any atom is 1.00 e. The van der Waals surface area contributed by atoms with Crippen molar-refractivity contribution < 1.29 is 94.6 Å². The van der Waals surface area contributed by atoms with E-state index in [2.05, 4.69) is 0 Å². The van der Waals surface area contributed by atoms with E-state index in [4.69, 9.17) is 4.74 Å². The van der Waals surface area contributed by atoms with Gasteiger partial charge in [0.05, 0.1) is 29.3 Å². The largest absolute Gasteiger partial charge is 1.00 e. The fourth-order valence-corrected chi connectivity index (χ4v) is 4.57. The Morgan fingerprint density at radius 1 is 0.917 bits per heavy atom. The van der Waals surface area contributed by atoms with Gasteiger partial charge in [0.25, 0.3) is 0 Å². The summed E-state index contributed by atoms with van der Waals surface area (Å²) < 4.78 is 5.29. The van der Waals surface area contributed by atoms with Gasteiger partial charge < -0.3 is 55.5 Å². The molecular formula is C22H19NaO13. The number of carboxylic acids is 1. The molecule has 2 aromatic rings. The van der Waals surface area contributed by atoms with Gasteiger partial charge in [-0.3, -0.25) is 9.59 Å². The Labute approximate surface area is 223 Å². The van der Waals surface area contributed by atoms with Crippen LogP contribution in [0.25, 0.3) is 0 Å². The summed E-state index contributed by atoms with van der Waals surface area (Å²) in [5, 5.41) is 93.4. The summed E-state index contributed by atoms with van der Waals surface area (Å²) in [6, 6.07) is 0.676. The summed E-state index contributed by atoms with van der Waals surface area (Å²) in [5.74, 6) is -8.64. The molecule has 1 fully saturated rings. The number of hydrogen-bond acceptors (Lipinski definition) is 13. The maximum atomic E-state index is 13.4. The van der Waals surface area contributed by atoms with Crippen LogP contribution in [0.3, 0.4) is 0 Å². The number of phenols is 4. The number of ether oxygens (including phenoxy) is 1. The topological polar surface area (TPSA) is 245 Å². The van der Waals surface area contributed by atoms with Gasteiger partial charge in [0, 0.05) is 16.7 Å². The first kappa shape index (κ1) is 27.8. The Morgan fingerprint density at radius 3 is 2.06 bits per heavy atom. The molecule has 36 heavy (non-hydrogen) atoms. The Bertz CT molecular complexity index is 1300. The number of carboxylic acid groups (broad SMARTS) is 1. The van der Waals surface area contributed by atoms with Gasteiger partial charge in [-0.25, -0.2) is 0 Å². The predicted molar refractivity (Wildman–Crippen MR) is 108 cm³/mol. The summed E-state index contributed by atoms with van der Waals surface area (Å²) in [4.78, 5) is 37.9. The second-order valence-electron chi connectivity index (χ2n) is 8.22. The molecule has 8 N–H and O–H groups in total. The van der Waals surface area contributed by atoms with E-state index >= 15 is 0 Å². The fraction of sp³-hybridized carbons (Fsp3) is 0.318. The van der Waals surface area contributed by atoms with E-state index in [0.717, 1.165) is 6.92 Å². The number of phenolic OH excluding ortho intramolecular Hbond substituents is 3. The molecule has 2 aromatic carbocycles. The van der Waals surface area contributed by atoms with E-state index in [0.29, 0.717) is 6.07 Å². The number of rotatable bonds is 3. The molecule has 1 heterocycles. The first-order valence-electron chi connectivity index (χ1n) is 10.1. The Balaban J connectivity index is 0.00000361. The van der Waals surface area contributed by atoms with Crippen molar-refractivity contribution >= 4 is 17.5 Å². The van der Waals surface area contributed by atoms with Crippen molar-refractivity contribution in [3.63, 3.8) is 0 Å². The summed E-state index contributed by atoms with van der Waals surface area (Å²) in [5.41, 5.74) is -4.78. The number of ketones is 2. The van der Waals surface area contributed by atoms with Crippen LogP contribution in [0.2, 0.25) is 0 Å². The first-order chi connectivity index (χ1) is 16.3. The van der Waals surface area contributed by atoms with Crippen LogP contribution < -0.4 is 34.7 Å². The number of hydrogen-bond donors (Lipinski definition) is 8. The number of aromatic hydroxyl groups is 4. The van der Waals surface area contributed by atoms with E-state index < -0.39 is 111 Å². The first-order valence-corrected chi connectivity index (χ1v) is 10.1. The fourth-order valence-electron chi connectivity index (χ4n) is 4.57. The summed E-state index contributed by atoms with van der Waals surface area (Å²) in [7, 11) is 0. The summed E-state index contributed by atoms with van der Waals surface area (Å²) in [6.45, 7) is 0.245. The zero-order chi connectivity index (χ0) is 26.1. The predicted octanol–water partition coefficient (Wildman–Crippen LogP) is -5.52. The Kier molecular flexibility index (Phi) is 7.43. The van der Waals surface area contributed by atoms with Gasteiger partial charge in [-0.15, -0.1) is 0 Å². The van der Waals surface area contributed by atoms with Crippen LogP contribution >= 0.6 is 0 Å². The van der Waals surface area contributed by atoms with Crippen molar-refractivity contribution in [2.75, 3.05) is 6.61 Å². The molecule has 1 aliphatic carbocycles. The smallest absolute Gasteiger partial charge is 0.545 e. The number of fused-ring (bicyclic) bond motifs is 2. The van der Waals surface area contributed by atoms with Gasteiger partial charge in [0.2, 0.25) is 0 Å². The van der Waals surface area contributed by atoms with Crippen LogP contribution in [0.1, 0.15) is 59.4 Å². The maximum absolute atomic E-state index is 13.4. The quantitative estimate of drug-likeness (QED) is 0.0924. The third-order valence-corrected chi connectivity index (χ3v) is 6.32. The monoisotopic (exact) mass is 514 g/mol. The average Bonchev–Trinajstić information content (AvgIpc) is 2.79. The Hall–Kier alpha value is -2.75. The van der Waals surface area contributed by atoms with Crippen molar-refractivity contribution in [1.29, 1.82) is 0 Å². The molecule has 0 amide bonds. The van der Waals surface area contributed by atoms with Gasteiger partial charge in [-0.1, -0.05) is 0 Å². The number of aromatic carboxylic acids is 1. The summed E-state index contributed by atoms with van der Waals surface area (Å²) in [6.07, 6.45) is -9.16. The molecule has 5 atom stereocenters. The normalized spacial score (nSPS) is 25.1. The minimum absolute atomic E-state index is 0. The standard InChI is InChI=1S/C22H20O13.Na/c1-4-8-5(2-6(24)9(4)22(33)34)13(25)10-11(15(8)27)16(28)12(18(30)17(10)29)21-20(32)19(31)14(26)7(3-23)35-21;/h2,7,14,19-21,23-24,26,28-32H,3H2,1H3,(H,33,34);/q;+1/p-1/t7-,14-,19+,20-,21+;/m1./s1. The molecule has 0 aromatic heterocycles. The third kappa shape index (κ3) is 3.76. The van der Waals surface area contributed by atoms with Crippen molar-refractivity contribution in [1.82, 2.24) is 0 Å². The van der Waals surface area contributed by atoms with Crippen molar-refractivity contribution in [3.05, 3.63) is 45.0 Å². The van der Waals surface area contributed by atoms with Gasteiger partial charge in [0.1, 0.15) is 42.0 Å². The van der Waals surface area contributed by atoms with Gasteiger partial charge in [-0.05, 0) is 18.6 Å². The van der Waals surface area contributed by atoms with E-state index in [9.17, 15) is 60.3 Å². The molecule has 0 radical (unpaired) electrons. The van der Waals surface area contributed by atoms with Crippen LogP contribution in [0.4, 0.5) is 0 Å². The third-order valence-electron chi connectivity index (χ3n) is 6.32. The molecule has 0 unspecified atom stereocenters. The molecule has 13 nitrogen and oxygen atoms in total. The molecule has 1 aliphatic heterocycles. The van der Waals surface area contributed by atoms with E-state index in [1.54, 1.807) is 0 Å². The number of aliphatic hydroxyl groups excluding tert-OH is 4. The van der Waals surface area contributed by atoms with Gasteiger partial charge >= 0.3 is 29.6 Å². The van der Waals surface area contributed by atoms with Crippen molar-refractivity contribution in [3.8, 4) is 23.0 Å². The SMILES string of the molecule is Cc1c(C(=O)[O-])c(O)cc2c1C(=O)c1c(O)c([C@@H]3O[C@H](CO)[C@@H](O)[C@H](O)[C@H]3O)c(O)c(O)c1C2=O.[Na+]. The minimum atomic E-state index is -2.04. The minimum Gasteiger partial charge on any atom is -0.545 e. The van der Waals surface area contributed by atoms with Crippen LogP contribution in [0.15, 0.2) is 6.07 Å². The average molecular weight is 514 g/mol. The number of carbonyl (C=O) groups is 3. The second-order valence-corrected chi connectivity index (χ2v) is 8.22. The van der Waals surface area contributed by atoms with Crippen LogP contribution in [0.5, 0.6) is 23.0 Å². The number of benzene rings is 2. The molecular weight excluding hydrogens is 495 g/mol. The number of carbonyl (C=O) groups excluding carboxylic acids is 3. The molecule has 186 valence electrons. The Morgan fingerprint density at radius 2 is 1.50 bits per heavy atom. The van der Waals surface area contributed by atoms with E-state index in [1.807, 2.05) is 0 Å². The number of aliphatic hydroxyl groups is 4. The molecule has 14 heteroatoms. The van der Waals surface area contributed by atoms with Crippen molar-refractivity contribution in [2.24, 2.45) is 0 Å². The molecule has 0 spiro atoms. The molecule has 0 saturated carbocycles. The van der Waals surface area contributed by atoms with Crippen molar-refractivity contribution in [2.45, 2.75) is 37.4 Å². The van der Waals surface area contributed by atoms with Crippen LogP contribution in [-0.4, -0.2) is 89.4 Å². The molecule has 2 aliphatic rings. The van der Waals surface area contributed by atoms with Crippen LogP contribution in [0, 0.1) is 6.92 Å². The molecule has 1 saturated heterocycles. The molecule has 0 bridgehead atoms. The van der Waals surface area contributed by atoms with Crippen LogP contribution in [-0.2, 0) is 4.74 Å². The molecule has 4 rings (SSSR count). The second kappa shape index (κ2) is 9.61. The van der Waals surface area contributed by atoms with E-state index in [-0.39, 0.29) is 35.1 Å². The van der Waals surface area contributed by atoms with Gasteiger partial charge in [-0.2, -0.15) is 0 Å². The van der Waals surface area contributed by atoms with E-state index in [1.165, 1.54) is 0 Å². The summed E-state index contributed by atoms with van der Waals surface area (Å²) >= 11 is 0. The zero-order valence-corrected chi connectivity index (χ0v) is 20.8.